The first-order valence-electron chi connectivity index (χ1n) is 6.04. The molecule has 104 valence electrons. The van der Waals surface area contributed by atoms with Crippen molar-refractivity contribution in [3.05, 3.63) is 29.3 Å². The molecule has 0 aliphatic heterocycles. The average molecular weight is 265 g/mol. The molecule has 1 amide bonds. The molecule has 1 aromatic rings. The fourth-order valence-electron chi connectivity index (χ4n) is 1.54. The van der Waals surface area contributed by atoms with Crippen LogP contribution in [0.5, 0.6) is 0 Å². The highest BCUT2D eigenvalue weighted by Gasteiger charge is 2.31. The third kappa shape index (κ3) is 3.32. The molecular formula is C14H19NO4. The van der Waals surface area contributed by atoms with E-state index in [1.807, 2.05) is 6.92 Å². The van der Waals surface area contributed by atoms with Gasteiger partial charge in [0.05, 0.1) is 5.56 Å². The number of aromatic carboxylic acids is 1. The maximum absolute atomic E-state index is 12.1. The first kappa shape index (κ1) is 15.2. The summed E-state index contributed by atoms with van der Waals surface area (Å²) in [5.74, 6) is -1.32. The summed E-state index contributed by atoms with van der Waals surface area (Å²) < 4.78 is 5.21. The Bertz CT molecular complexity index is 492. The summed E-state index contributed by atoms with van der Waals surface area (Å²) >= 11 is 0. The Kier molecular flexibility index (Phi) is 4.67. The minimum absolute atomic E-state index is 0.136. The topological polar surface area (TPSA) is 75.6 Å². The molecule has 5 nitrogen and oxygen atoms in total. The fraction of sp³-hybridized carbons (Fsp3) is 0.429. The second-order valence-corrected chi connectivity index (χ2v) is 4.58. The number of methoxy groups -OCH3 is 1. The smallest absolute Gasteiger partial charge is 0.335 e. The molecular weight excluding hydrogens is 246 g/mol. The highest BCUT2D eigenvalue weighted by atomic mass is 16.5. The van der Waals surface area contributed by atoms with Crippen LogP contribution in [-0.4, -0.2) is 29.7 Å². The van der Waals surface area contributed by atoms with Gasteiger partial charge in [-0.3, -0.25) is 4.79 Å². The largest absolute Gasteiger partial charge is 0.478 e. The van der Waals surface area contributed by atoms with Crippen LogP contribution in [0, 0.1) is 6.92 Å². The van der Waals surface area contributed by atoms with E-state index in [0.717, 1.165) is 5.56 Å². The van der Waals surface area contributed by atoms with Gasteiger partial charge in [-0.2, -0.15) is 0 Å². The summed E-state index contributed by atoms with van der Waals surface area (Å²) in [5.41, 5.74) is 0.497. The zero-order chi connectivity index (χ0) is 14.6. The monoisotopic (exact) mass is 265 g/mol. The Hall–Kier alpha value is -1.88. The molecule has 1 unspecified atom stereocenters. The van der Waals surface area contributed by atoms with Crippen LogP contribution in [0.4, 0.5) is 5.69 Å². The lowest BCUT2D eigenvalue weighted by Crippen LogP contribution is -2.41. The lowest BCUT2D eigenvalue weighted by atomic mass is 10.0. The van der Waals surface area contributed by atoms with Gasteiger partial charge >= 0.3 is 5.97 Å². The lowest BCUT2D eigenvalue weighted by molar-refractivity contribution is -0.136. The molecule has 0 bridgehead atoms. The van der Waals surface area contributed by atoms with Crippen LogP contribution in [0.25, 0.3) is 0 Å². The zero-order valence-electron chi connectivity index (χ0n) is 11.6. The highest BCUT2D eigenvalue weighted by molar-refractivity contribution is 5.99. The summed E-state index contributed by atoms with van der Waals surface area (Å²) in [6.07, 6.45) is 0.521. The van der Waals surface area contributed by atoms with E-state index in [9.17, 15) is 9.59 Å². The maximum Gasteiger partial charge on any atom is 0.335 e. The molecule has 0 fully saturated rings. The molecule has 1 aromatic carbocycles. The molecule has 0 saturated carbocycles. The first-order valence-corrected chi connectivity index (χ1v) is 6.04. The van der Waals surface area contributed by atoms with Crippen LogP contribution in [0.3, 0.4) is 0 Å². The van der Waals surface area contributed by atoms with E-state index in [-0.39, 0.29) is 11.5 Å². The number of carbonyl (C=O) groups is 2. The van der Waals surface area contributed by atoms with Crippen LogP contribution < -0.4 is 5.32 Å². The molecule has 0 heterocycles. The minimum atomic E-state index is -1.03. The maximum atomic E-state index is 12.1. The number of anilines is 1. The predicted molar refractivity (Wildman–Crippen MR) is 72.5 cm³/mol. The van der Waals surface area contributed by atoms with Crippen molar-refractivity contribution in [2.75, 3.05) is 12.4 Å². The van der Waals surface area contributed by atoms with E-state index in [1.165, 1.54) is 19.2 Å². The molecule has 1 rings (SSSR count). The van der Waals surface area contributed by atoms with Crippen LogP contribution in [0.15, 0.2) is 18.2 Å². The SMILES string of the molecule is CCC(C)(OC)C(=O)Nc1cc(C(=O)O)ccc1C. The molecule has 0 aromatic heterocycles. The van der Waals surface area contributed by atoms with Crippen molar-refractivity contribution in [1.29, 1.82) is 0 Å². The number of rotatable bonds is 5. The fourth-order valence-corrected chi connectivity index (χ4v) is 1.54. The van der Waals surface area contributed by atoms with Gasteiger partial charge in [0.2, 0.25) is 0 Å². The number of nitrogens with one attached hydrogen (secondary N) is 1. The lowest BCUT2D eigenvalue weighted by Gasteiger charge is -2.25. The van der Waals surface area contributed by atoms with Gasteiger partial charge in [0.15, 0.2) is 0 Å². The Morgan fingerprint density at radius 1 is 1.42 bits per heavy atom. The average Bonchev–Trinajstić information content (AvgIpc) is 2.39. The van der Waals surface area contributed by atoms with Crippen LogP contribution >= 0.6 is 0 Å². The van der Waals surface area contributed by atoms with Crippen molar-refractivity contribution >= 4 is 17.6 Å². The quantitative estimate of drug-likeness (QED) is 0.857. The van der Waals surface area contributed by atoms with Crippen molar-refractivity contribution in [2.45, 2.75) is 32.8 Å². The zero-order valence-corrected chi connectivity index (χ0v) is 11.6. The van der Waals surface area contributed by atoms with Crippen molar-refractivity contribution < 1.29 is 19.4 Å². The molecule has 1 atom stereocenters. The Morgan fingerprint density at radius 2 is 2.05 bits per heavy atom. The van der Waals surface area contributed by atoms with E-state index in [1.54, 1.807) is 19.9 Å². The van der Waals surface area contributed by atoms with E-state index < -0.39 is 11.6 Å². The third-order valence-electron chi connectivity index (χ3n) is 3.34. The van der Waals surface area contributed by atoms with E-state index in [4.69, 9.17) is 9.84 Å². The summed E-state index contributed by atoms with van der Waals surface area (Å²) in [7, 11) is 1.48. The van der Waals surface area contributed by atoms with Gasteiger partial charge in [-0.05, 0) is 38.0 Å². The molecule has 0 aliphatic rings. The second kappa shape index (κ2) is 5.84. The van der Waals surface area contributed by atoms with Crippen molar-refractivity contribution in [2.24, 2.45) is 0 Å². The van der Waals surface area contributed by atoms with Crippen molar-refractivity contribution in [1.82, 2.24) is 0 Å². The van der Waals surface area contributed by atoms with E-state index in [2.05, 4.69) is 5.32 Å². The number of carboxylic acid groups (broad SMARTS) is 1. The minimum Gasteiger partial charge on any atom is -0.478 e. The highest BCUT2D eigenvalue weighted by Crippen LogP contribution is 2.21. The molecule has 19 heavy (non-hydrogen) atoms. The van der Waals surface area contributed by atoms with Gasteiger partial charge in [-0.15, -0.1) is 0 Å². The van der Waals surface area contributed by atoms with Gasteiger partial charge in [0.25, 0.3) is 5.91 Å². The molecule has 5 heteroatoms. The summed E-state index contributed by atoms with van der Waals surface area (Å²) in [6.45, 7) is 5.35. The molecule has 0 aliphatic carbocycles. The number of amides is 1. The van der Waals surface area contributed by atoms with Gasteiger partial charge < -0.3 is 15.2 Å². The molecule has 0 saturated heterocycles. The number of carbonyl (C=O) groups excluding carboxylic acids is 1. The van der Waals surface area contributed by atoms with Gasteiger partial charge in [-0.25, -0.2) is 4.79 Å². The second-order valence-electron chi connectivity index (χ2n) is 4.58. The Balaban J connectivity index is 3.02. The van der Waals surface area contributed by atoms with Crippen LogP contribution in [0.2, 0.25) is 0 Å². The first-order chi connectivity index (χ1) is 8.84. The van der Waals surface area contributed by atoms with Gasteiger partial charge in [0.1, 0.15) is 5.60 Å². The number of hydrogen-bond acceptors (Lipinski definition) is 3. The normalized spacial score (nSPS) is 13.7. The molecule has 0 radical (unpaired) electrons. The summed E-state index contributed by atoms with van der Waals surface area (Å²) in [6, 6.07) is 4.61. The number of benzene rings is 1. The van der Waals surface area contributed by atoms with Crippen molar-refractivity contribution in [3.63, 3.8) is 0 Å². The number of aryl methyl sites for hydroxylation is 1. The number of carboxylic acids is 1. The van der Waals surface area contributed by atoms with Gasteiger partial charge in [-0.1, -0.05) is 13.0 Å². The van der Waals surface area contributed by atoms with E-state index >= 15 is 0 Å². The third-order valence-corrected chi connectivity index (χ3v) is 3.34. The van der Waals surface area contributed by atoms with Crippen molar-refractivity contribution in [3.8, 4) is 0 Å². The molecule has 0 spiro atoms. The number of hydrogen-bond donors (Lipinski definition) is 2. The summed E-state index contributed by atoms with van der Waals surface area (Å²) in [5, 5.41) is 11.7. The Labute approximate surface area is 112 Å². The van der Waals surface area contributed by atoms with Crippen LogP contribution in [0.1, 0.15) is 36.2 Å². The van der Waals surface area contributed by atoms with E-state index in [0.29, 0.717) is 12.1 Å². The molecule has 2 N–H and O–H groups in total. The number of ether oxygens (including phenoxy) is 1. The standard InChI is InChI=1S/C14H19NO4/c1-5-14(3,19-4)13(18)15-11-8-10(12(16)17)7-6-9(11)2/h6-8H,5H2,1-4H3,(H,15,18)(H,16,17). The van der Waals surface area contributed by atoms with Crippen LogP contribution in [-0.2, 0) is 9.53 Å². The van der Waals surface area contributed by atoms with Gasteiger partial charge in [0, 0.05) is 12.8 Å². The summed E-state index contributed by atoms with van der Waals surface area (Å²) in [4.78, 5) is 23.1. The predicted octanol–water partition coefficient (Wildman–Crippen LogP) is 2.45. The Morgan fingerprint density at radius 3 is 2.53 bits per heavy atom.